The van der Waals surface area contributed by atoms with Gasteiger partial charge in [0.05, 0.1) is 31.7 Å². The molecule has 2 saturated carbocycles. The highest BCUT2D eigenvalue weighted by Crippen LogP contribution is 2.44. The second kappa shape index (κ2) is 10.1. The summed E-state index contributed by atoms with van der Waals surface area (Å²) in [7, 11) is 3.14. The van der Waals surface area contributed by atoms with Crippen LogP contribution >= 0.6 is 0 Å². The molecule has 0 amide bonds. The molecule has 0 unspecified atom stereocenters. The maximum Gasteiger partial charge on any atom is 0.308 e. The minimum atomic E-state index is -0.353. The molecule has 0 aliphatic heterocycles. The Hall–Kier alpha value is -3.00. The van der Waals surface area contributed by atoms with Gasteiger partial charge in [-0.3, -0.25) is 9.78 Å². The van der Waals surface area contributed by atoms with E-state index in [1.165, 1.54) is 20.0 Å². The summed E-state index contributed by atoms with van der Waals surface area (Å²) in [4.78, 5) is 16.2. The molecule has 0 saturated heterocycles. The van der Waals surface area contributed by atoms with Gasteiger partial charge in [-0.1, -0.05) is 17.9 Å². The normalized spacial score (nSPS) is 23.1. The number of benzene rings is 1. The van der Waals surface area contributed by atoms with Crippen molar-refractivity contribution in [2.75, 3.05) is 14.2 Å². The molecule has 1 aromatic carbocycles. The van der Waals surface area contributed by atoms with Crippen molar-refractivity contribution in [2.24, 2.45) is 5.92 Å². The van der Waals surface area contributed by atoms with E-state index in [4.69, 9.17) is 14.2 Å². The first-order chi connectivity index (χ1) is 15.6. The number of carbonyl (C=O) groups is 1. The molecule has 0 atom stereocenters. The Balaban J connectivity index is 1.68. The van der Waals surface area contributed by atoms with Crippen LogP contribution in [0, 0.1) is 17.8 Å². The summed E-state index contributed by atoms with van der Waals surface area (Å²) in [6.45, 7) is 0. The van der Waals surface area contributed by atoms with Crippen molar-refractivity contribution < 1.29 is 19.0 Å². The highest BCUT2D eigenvalue weighted by Gasteiger charge is 2.39. The van der Waals surface area contributed by atoms with Crippen LogP contribution in [0.15, 0.2) is 42.7 Å². The number of pyridine rings is 1. The minimum absolute atomic E-state index is 0.0664. The van der Waals surface area contributed by atoms with Crippen LogP contribution in [0.3, 0.4) is 0 Å². The molecule has 2 aromatic rings. The standard InChI is InChI=1S/C27H31NO4/c1-30-24-8-7-22(19-25(24)32-23-5-3-4-6-23)27(14-9-20-12-17-28-18-13-20)15-10-21(11-16-27)26(29)31-2/h7-8,12-13,17-19,21,23H,3-6,10-11,15-16H2,1-2H3. The number of aromatic nitrogens is 1. The highest BCUT2D eigenvalue weighted by molar-refractivity contribution is 5.72. The Morgan fingerprint density at radius 3 is 2.38 bits per heavy atom. The molecule has 2 fully saturated rings. The first-order valence-corrected chi connectivity index (χ1v) is 11.5. The van der Waals surface area contributed by atoms with Crippen molar-refractivity contribution >= 4 is 5.97 Å². The third kappa shape index (κ3) is 4.91. The van der Waals surface area contributed by atoms with E-state index in [9.17, 15) is 4.79 Å². The summed E-state index contributed by atoms with van der Waals surface area (Å²) in [5.74, 6) is 8.28. The lowest BCUT2D eigenvalue weighted by Crippen LogP contribution is -2.33. The van der Waals surface area contributed by atoms with Gasteiger partial charge in [0.15, 0.2) is 11.5 Å². The molecule has 4 rings (SSSR count). The number of hydrogen-bond acceptors (Lipinski definition) is 5. The average Bonchev–Trinajstić information content (AvgIpc) is 3.36. The molecule has 0 N–H and O–H groups in total. The number of methoxy groups -OCH3 is 2. The van der Waals surface area contributed by atoms with Crippen molar-refractivity contribution in [1.82, 2.24) is 4.98 Å². The van der Waals surface area contributed by atoms with Crippen LogP contribution in [0.25, 0.3) is 0 Å². The van der Waals surface area contributed by atoms with E-state index in [1.54, 1.807) is 19.5 Å². The van der Waals surface area contributed by atoms with E-state index in [0.717, 1.165) is 61.2 Å². The largest absolute Gasteiger partial charge is 0.493 e. The van der Waals surface area contributed by atoms with Crippen LogP contribution in [-0.4, -0.2) is 31.3 Å². The van der Waals surface area contributed by atoms with E-state index in [0.29, 0.717) is 0 Å². The molecule has 0 spiro atoms. The number of ether oxygens (including phenoxy) is 3. The molecule has 1 heterocycles. The Morgan fingerprint density at radius 1 is 1.00 bits per heavy atom. The summed E-state index contributed by atoms with van der Waals surface area (Å²) in [6.07, 6.45) is 11.4. The lowest BCUT2D eigenvalue weighted by molar-refractivity contribution is -0.146. The van der Waals surface area contributed by atoms with Crippen molar-refractivity contribution in [3.63, 3.8) is 0 Å². The van der Waals surface area contributed by atoms with Crippen LogP contribution in [-0.2, 0) is 14.9 Å². The molecule has 32 heavy (non-hydrogen) atoms. The van der Waals surface area contributed by atoms with Gasteiger partial charge in [-0.2, -0.15) is 0 Å². The summed E-state index contributed by atoms with van der Waals surface area (Å²) < 4.78 is 17.0. The predicted molar refractivity (Wildman–Crippen MR) is 123 cm³/mol. The fourth-order valence-electron chi connectivity index (χ4n) is 4.88. The van der Waals surface area contributed by atoms with Gasteiger partial charge in [0.1, 0.15) is 0 Å². The van der Waals surface area contributed by atoms with E-state index >= 15 is 0 Å². The van der Waals surface area contributed by atoms with Crippen LogP contribution in [0.4, 0.5) is 0 Å². The monoisotopic (exact) mass is 433 g/mol. The van der Waals surface area contributed by atoms with E-state index < -0.39 is 0 Å². The summed E-state index contributed by atoms with van der Waals surface area (Å²) in [6, 6.07) is 10.0. The third-order valence-electron chi connectivity index (χ3n) is 6.81. The molecule has 1 aromatic heterocycles. The maximum atomic E-state index is 12.1. The summed E-state index contributed by atoms with van der Waals surface area (Å²) in [5, 5.41) is 0. The number of hydrogen-bond donors (Lipinski definition) is 0. The van der Waals surface area contributed by atoms with Crippen molar-refractivity contribution in [2.45, 2.75) is 62.9 Å². The van der Waals surface area contributed by atoms with Gasteiger partial charge < -0.3 is 14.2 Å². The average molecular weight is 434 g/mol. The Morgan fingerprint density at radius 2 is 1.72 bits per heavy atom. The zero-order chi connectivity index (χ0) is 22.4. The van der Waals surface area contributed by atoms with Gasteiger partial charge in [-0.25, -0.2) is 0 Å². The van der Waals surface area contributed by atoms with E-state index in [-0.39, 0.29) is 23.4 Å². The molecule has 2 aliphatic rings. The second-order valence-electron chi connectivity index (χ2n) is 8.76. The molecule has 5 heteroatoms. The van der Waals surface area contributed by atoms with Crippen LogP contribution in [0.2, 0.25) is 0 Å². The number of esters is 1. The van der Waals surface area contributed by atoms with E-state index in [1.807, 2.05) is 18.2 Å². The second-order valence-corrected chi connectivity index (χ2v) is 8.76. The molecule has 5 nitrogen and oxygen atoms in total. The maximum absolute atomic E-state index is 12.1. The predicted octanol–water partition coefficient (Wildman–Crippen LogP) is 5.06. The Labute approximate surface area is 190 Å². The lowest BCUT2D eigenvalue weighted by atomic mass is 9.67. The van der Waals surface area contributed by atoms with Gasteiger partial charge in [0.2, 0.25) is 0 Å². The fraction of sp³-hybridized carbons (Fsp3) is 0.481. The molecule has 168 valence electrons. The van der Waals surface area contributed by atoms with Crippen LogP contribution < -0.4 is 9.47 Å². The lowest BCUT2D eigenvalue weighted by Gasteiger charge is -2.36. The first-order valence-electron chi connectivity index (χ1n) is 11.5. The minimum Gasteiger partial charge on any atom is -0.493 e. The van der Waals surface area contributed by atoms with Crippen molar-refractivity contribution in [3.05, 3.63) is 53.9 Å². The first kappa shape index (κ1) is 22.2. The Kier molecular flexibility index (Phi) is 6.99. The topological polar surface area (TPSA) is 57.7 Å². The van der Waals surface area contributed by atoms with Crippen molar-refractivity contribution in [3.8, 4) is 23.3 Å². The molecule has 0 bridgehead atoms. The van der Waals surface area contributed by atoms with Gasteiger partial charge >= 0.3 is 5.97 Å². The zero-order valence-electron chi connectivity index (χ0n) is 18.9. The number of nitrogens with zero attached hydrogens (tertiary/aromatic N) is 1. The summed E-state index contributed by atoms with van der Waals surface area (Å²) >= 11 is 0. The third-order valence-corrected chi connectivity index (χ3v) is 6.81. The number of rotatable bonds is 5. The number of carbonyl (C=O) groups excluding carboxylic acids is 1. The highest BCUT2D eigenvalue weighted by atomic mass is 16.5. The van der Waals surface area contributed by atoms with Gasteiger partial charge in [0, 0.05) is 18.0 Å². The van der Waals surface area contributed by atoms with E-state index in [2.05, 4.69) is 29.0 Å². The Bertz CT molecular complexity index is 978. The van der Waals surface area contributed by atoms with Crippen LogP contribution in [0.5, 0.6) is 11.5 Å². The molecule has 2 aliphatic carbocycles. The van der Waals surface area contributed by atoms with Gasteiger partial charge in [-0.05, 0) is 81.2 Å². The fourth-order valence-corrected chi connectivity index (χ4v) is 4.88. The van der Waals surface area contributed by atoms with Gasteiger partial charge in [-0.15, -0.1) is 0 Å². The smallest absolute Gasteiger partial charge is 0.308 e. The quantitative estimate of drug-likeness (QED) is 0.487. The van der Waals surface area contributed by atoms with Crippen LogP contribution in [0.1, 0.15) is 62.5 Å². The van der Waals surface area contributed by atoms with Crippen molar-refractivity contribution in [1.29, 1.82) is 0 Å². The molecular weight excluding hydrogens is 402 g/mol. The molecular formula is C27H31NO4. The SMILES string of the molecule is COC(=O)C1CCC(C#Cc2ccncc2)(c2ccc(OC)c(OC3CCCC3)c2)CC1. The summed E-state index contributed by atoms with van der Waals surface area (Å²) in [5.41, 5.74) is 1.70. The van der Waals surface area contributed by atoms with Gasteiger partial charge in [0.25, 0.3) is 0 Å². The molecule has 0 radical (unpaired) electrons. The zero-order valence-corrected chi connectivity index (χ0v) is 18.9.